The van der Waals surface area contributed by atoms with Crippen LogP contribution < -0.4 is 20.1 Å². The van der Waals surface area contributed by atoms with Crippen molar-refractivity contribution in [1.82, 2.24) is 10.3 Å². The Morgan fingerprint density at radius 3 is 2.50 bits per heavy atom. The molecule has 0 aliphatic carbocycles. The number of pyridine rings is 1. The minimum Gasteiger partial charge on any atom is -0.497 e. The summed E-state index contributed by atoms with van der Waals surface area (Å²) in [6.45, 7) is 5.96. The van der Waals surface area contributed by atoms with Crippen molar-refractivity contribution in [2.75, 3.05) is 19.5 Å². The van der Waals surface area contributed by atoms with E-state index in [9.17, 15) is 4.79 Å². The highest BCUT2D eigenvalue weighted by molar-refractivity contribution is 6.09. The Morgan fingerprint density at radius 2 is 1.76 bits per heavy atom. The minimum atomic E-state index is -0.434. The van der Waals surface area contributed by atoms with Crippen LogP contribution in [0.2, 0.25) is 0 Å². The summed E-state index contributed by atoms with van der Waals surface area (Å²) in [7, 11) is 3.31. The fourth-order valence-electron chi connectivity index (χ4n) is 3.85. The van der Waals surface area contributed by atoms with Gasteiger partial charge in [0.05, 0.1) is 30.9 Å². The van der Waals surface area contributed by atoms with Crippen LogP contribution in [-0.2, 0) is 11.3 Å². The van der Waals surface area contributed by atoms with E-state index in [0.29, 0.717) is 0 Å². The second-order valence-electron chi connectivity index (χ2n) is 8.41. The molecule has 0 saturated heterocycles. The average Bonchev–Trinajstić information content (AvgIpc) is 2.81. The normalized spacial score (nSPS) is 11.0. The molecule has 1 heterocycles. The first-order valence-corrected chi connectivity index (χ1v) is 11.1. The maximum atomic E-state index is 11.9. The molecule has 176 valence electrons. The van der Waals surface area contributed by atoms with Crippen molar-refractivity contribution in [3.8, 4) is 11.5 Å². The molecule has 1 amide bonds. The van der Waals surface area contributed by atoms with Gasteiger partial charge < -0.3 is 24.8 Å². The third-order valence-electron chi connectivity index (χ3n) is 5.47. The molecule has 0 spiro atoms. The van der Waals surface area contributed by atoms with E-state index in [1.807, 2.05) is 75.4 Å². The molecule has 0 fully saturated rings. The van der Waals surface area contributed by atoms with Crippen molar-refractivity contribution in [2.24, 2.45) is 0 Å². The van der Waals surface area contributed by atoms with Gasteiger partial charge in [0.15, 0.2) is 0 Å². The Labute approximate surface area is 199 Å². The van der Waals surface area contributed by atoms with E-state index in [1.54, 1.807) is 14.2 Å². The maximum absolute atomic E-state index is 11.9. The molecular weight excluding hydrogens is 430 g/mol. The molecule has 4 aromatic rings. The number of nitrogens with one attached hydrogen (secondary N) is 2. The first kappa shape index (κ1) is 23.2. The van der Waals surface area contributed by atoms with Crippen LogP contribution in [0.3, 0.4) is 0 Å². The number of amides is 1. The van der Waals surface area contributed by atoms with Gasteiger partial charge in [0.2, 0.25) is 0 Å². The summed E-state index contributed by atoms with van der Waals surface area (Å²) in [5.41, 5.74) is 5.34. The number of hydrogen-bond donors (Lipinski definition) is 2. The summed E-state index contributed by atoms with van der Waals surface area (Å²) < 4.78 is 16.3. The van der Waals surface area contributed by atoms with E-state index in [0.717, 1.165) is 55.8 Å². The van der Waals surface area contributed by atoms with Gasteiger partial charge in [0, 0.05) is 28.6 Å². The van der Waals surface area contributed by atoms with Gasteiger partial charge in [-0.1, -0.05) is 12.1 Å². The van der Waals surface area contributed by atoms with Crippen molar-refractivity contribution in [2.45, 2.75) is 33.4 Å². The predicted molar refractivity (Wildman–Crippen MR) is 135 cm³/mol. The van der Waals surface area contributed by atoms with Gasteiger partial charge in [0.1, 0.15) is 18.1 Å². The van der Waals surface area contributed by atoms with E-state index >= 15 is 0 Å². The molecule has 7 heteroatoms. The molecular formula is C27H29N3O4. The SMILES string of the molecule is COc1ccc2c(Nc3cccc(COC(=O)NC(C)C)c3)c3cc(OC)c(C)cc3nc2c1. The Kier molecular flexibility index (Phi) is 6.72. The Morgan fingerprint density at radius 1 is 0.971 bits per heavy atom. The van der Waals surface area contributed by atoms with Gasteiger partial charge in [-0.25, -0.2) is 9.78 Å². The summed E-state index contributed by atoms with van der Waals surface area (Å²) in [5.74, 6) is 1.54. The van der Waals surface area contributed by atoms with E-state index in [1.165, 1.54) is 0 Å². The van der Waals surface area contributed by atoms with Crippen molar-refractivity contribution in [3.63, 3.8) is 0 Å². The summed E-state index contributed by atoms with van der Waals surface area (Å²) in [6, 6.07) is 17.7. The number of nitrogens with zero attached hydrogens (tertiary/aromatic N) is 1. The van der Waals surface area contributed by atoms with Gasteiger partial charge in [-0.3, -0.25) is 0 Å². The highest BCUT2D eigenvalue weighted by atomic mass is 16.5. The Bertz CT molecular complexity index is 1350. The highest BCUT2D eigenvalue weighted by Gasteiger charge is 2.14. The Hall–Kier alpha value is -4.00. The molecule has 0 radical (unpaired) electrons. The van der Waals surface area contributed by atoms with Crippen LogP contribution >= 0.6 is 0 Å². The van der Waals surface area contributed by atoms with Gasteiger partial charge in [-0.2, -0.15) is 0 Å². The minimum absolute atomic E-state index is 0.0213. The van der Waals surface area contributed by atoms with Crippen LogP contribution in [0.15, 0.2) is 54.6 Å². The van der Waals surface area contributed by atoms with E-state index in [4.69, 9.17) is 19.2 Å². The lowest BCUT2D eigenvalue weighted by Gasteiger charge is -2.16. The highest BCUT2D eigenvalue weighted by Crippen LogP contribution is 2.37. The van der Waals surface area contributed by atoms with Crippen LogP contribution in [0.5, 0.6) is 11.5 Å². The number of anilines is 2. The Balaban J connectivity index is 1.75. The lowest BCUT2D eigenvalue weighted by molar-refractivity contribution is 0.137. The summed E-state index contributed by atoms with van der Waals surface area (Å²) in [6.07, 6.45) is -0.434. The number of methoxy groups -OCH3 is 2. The smallest absolute Gasteiger partial charge is 0.407 e. The zero-order valence-corrected chi connectivity index (χ0v) is 20.1. The first-order valence-electron chi connectivity index (χ1n) is 11.1. The topological polar surface area (TPSA) is 81.7 Å². The number of aryl methyl sites for hydroxylation is 1. The van der Waals surface area contributed by atoms with Gasteiger partial charge in [-0.15, -0.1) is 0 Å². The predicted octanol–water partition coefficient (Wildman–Crippen LogP) is 6.09. The molecule has 2 N–H and O–H groups in total. The monoisotopic (exact) mass is 459 g/mol. The largest absolute Gasteiger partial charge is 0.497 e. The fourth-order valence-corrected chi connectivity index (χ4v) is 3.85. The number of ether oxygens (including phenoxy) is 3. The maximum Gasteiger partial charge on any atom is 0.407 e. The summed E-state index contributed by atoms with van der Waals surface area (Å²) in [5, 5.41) is 8.19. The van der Waals surface area contributed by atoms with Crippen molar-refractivity contribution in [1.29, 1.82) is 0 Å². The number of benzene rings is 3. The van der Waals surface area contributed by atoms with Crippen LogP contribution in [0, 0.1) is 6.92 Å². The zero-order chi connectivity index (χ0) is 24.2. The lowest BCUT2D eigenvalue weighted by Crippen LogP contribution is -2.30. The van der Waals surface area contributed by atoms with Crippen molar-refractivity contribution >= 4 is 39.3 Å². The number of carbonyl (C=O) groups is 1. The van der Waals surface area contributed by atoms with Crippen molar-refractivity contribution < 1.29 is 19.0 Å². The molecule has 0 bridgehead atoms. The van der Waals surface area contributed by atoms with Gasteiger partial charge >= 0.3 is 6.09 Å². The number of rotatable bonds is 7. The molecule has 34 heavy (non-hydrogen) atoms. The molecule has 0 aliphatic rings. The average molecular weight is 460 g/mol. The van der Waals surface area contributed by atoms with E-state index in [-0.39, 0.29) is 12.6 Å². The molecule has 0 unspecified atom stereocenters. The molecule has 0 aliphatic heterocycles. The second kappa shape index (κ2) is 9.87. The van der Waals surface area contributed by atoms with Crippen LogP contribution in [0.25, 0.3) is 21.8 Å². The summed E-state index contributed by atoms with van der Waals surface area (Å²) >= 11 is 0. The number of carbonyl (C=O) groups excluding carboxylic acids is 1. The number of hydrogen-bond acceptors (Lipinski definition) is 6. The number of aromatic nitrogens is 1. The van der Waals surface area contributed by atoms with Gasteiger partial charge in [0.25, 0.3) is 0 Å². The quantitative estimate of drug-likeness (QED) is 0.325. The lowest BCUT2D eigenvalue weighted by atomic mass is 10.0. The van der Waals surface area contributed by atoms with Crippen molar-refractivity contribution in [3.05, 3.63) is 65.7 Å². The van der Waals surface area contributed by atoms with Gasteiger partial charge in [-0.05, 0) is 68.3 Å². The fraction of sp³-hybridized carbons (Fsp3) is 0.259. The molecule has 1 aromatic heterocycles. The van der Waals surface area contributed by atoms with Crippen LogP contribution in [0.4, 0.5) is 16.2 Å². The molecule has 0 atom stereocenters. The zero-order valence-electron chi connectivity index (χ0n) is 20.1. The standard InChI is InChI=1S/C27H29N3O4/c1-16(2)28-27(31)34-15-18-7-6-8-19(12-18)29-26-21-10-9-20(32-4)13-24(21)30-23-11-17(3)25(33-5)14-22(23)26/h6-14,16H,15H2,1-5H3,(H,28,31)(H,29,30). The molecule has 3 aromatic carbocycles. The molecule has 7 nitrogen and oxygen atoms in total. The first-order chi connectivity index (χ1) is 16.4. The molecule has 4 rings (SSSR count). The van der Waals surface area contributed by atoms with E-state index in [2.05, 4.69) is 10.6 Å². The van der Waals surface area contributed by atoms with Crippen LogP contribution in [0.1, 0.15) is 25.0 Å². The molecule has 0 saturated carbocycles. The third kappa shape index (κ3) is 4.98. The number of fused-ring (bicyclic) bond motifs is 2. The third-order valence-corrected chi connectivity index (χ3v) is 5.47. The van der Waals surface area contributed by atoms with E-state index < -0.39 is 6.09 Å². The summed E-state index contributed by atoms with van der Waals surface area (Å²) in [4.78, 5) is 16.7. The second-order valence-corrected chi connectivity index (χ2v) is 8.41. The number of alkyl carbamates (subject to hydrolysis) is 1. The van der Waals surface area contributed by atoms with Crippen LogP contribution in [-0.4, -0.2) is 31.3 Å².